The number of ether oxygens (including phenoxy) is 2. The molecule has 1 N–H and O–H groups in total. The van der Waals surface area contributed by atoms with Crippen molar-refractivity contribution in [1.29, 1.82) is 0 Å². The van der Waals surface area contributed by atoms with E-state index in [0.29, 0.717) is 28.5 Å². The molecule has 4 rings (SSSR count). The Labute approximate surface area is 189 Å². The fraction of sp³-hybridized carbons (Fsp3) is 0.261. The van der Waals surface area contributed by atoms with Crippen LogP contribution in [0.1, 0.15) is 5.56 Å². The Morgan fingerprint density at radius 1 is 1.06 bits per heavy atom. The van der Waals surface area contributed by atoms with Gasteiger partial charge in [0.15, 0.2) is 5.16 Å². The molecule has 166 valence electrons. The lowest BCUT2D eigenvalue weighted by Crippen LogP contribution is -2.26. The van der Waals surface area contributed by atoms with Crippen LogP contribution < -0.4 is 20.3 Å². The van der Waals surface area contributed by atoms with Crippen molar-refractivity contribution < 1.29 is 14.3 Å². The summed E-state index contributed by atoms with van der Waals surface area (Å²) in [4.78, 5) is 30.2. The molecule has 2 heterocycles. The number of thioether (sulfide) groups is 1. The monoisotopic (exact) mass is 452 g/mol. The van der Waals surface area contributed by atoms with Crippen molar-refractivity contribution in [3.8, 4) is 11.5 Å². The molecule has 0 aliphatic rings. The first-order valence-corrected chi connectivity index (χ1v) is 11.0. The van der Waals surface area contributed by atoms with Crippen molar-refractivity contribution in [1.82, 2.24) is 19.4 Å². The third-order valence-electron chi connectivity index (χ3n) is 5.34. The van der Waals surface area contributed by atoms with Crippen LogP contribution in [0.25, 0.3) is 21.9 Å². The average molecular weight is 453 g/mol. The van der Waals surface area contributed by atoms with Gasteiger partial charge < -0.3 is 19.4 Å². The second-order valence-electron chi connectivity index (χ2n) is 7.31. The Bertz CT molecular complexity index is 1380. The quantitative estimate of drug-likeness (QED) is 0.343. The predicted octanol–water partition coefficient (Wildman–Crippen LogP) is 2.85. The van der Waals surface area contributed by atoms with Crippen LogP contribution in [0.5, 0.6) is 11.5 Å². The molecule has 0 spiro atoms. The Morgan fingerprint density at radius 2 is 1.81 bits per heavy atom. The van der Waals surface area contributed by atoms with E-state index in [-0.39, 0.29) is 17.2 Å². The SMILES string of the molecule is COc1cccc(CNC(=O)CSc2nc3c4cc(OC)ccc4n(C)c3c(=O)n2C)c1. The van der Waals surface area contributed by atoms with Crippen LogP contribution in [0.15, 0.2) is 52.4 Å². The largest absolute Gasteiger partial charge is 0.497 e. The van der Waals surface area contributed by atoms with Crippen LogP contribution in [-0.4, -0.2) is 40.0 Å². The van der Waals surface area contributed by atoms with Gasteiger partial charge in [-0.2, -0.15) is 0 Å². The van der Waals surface area contributed by atoms with Crippen LogP contribution in [0.4, 0.5) is 0 Å². The molecule has 0 aliphatic heterocycles. The zero-order chi connectivity index (χ0) is 22.8. The summed E-state index contributed by atoms with van der Waals surface area (Å²) in [5.41, 5.74) is 2.79. The maximum absolute atomic E-state index is 13.1. The van der Waals surface area contributed by atoms with Crippen molar-refractivity contribution in [2.24, 2.45) is 14.1 Å². The molecule has 0 aliphatic carbocycles. The number of methoxy groups -OCH3 is 2. The van der Waals surface area contributed by atoms with Gasteiger partial charge in [0.05, 0.1) is 25.5 Å². The number of hydrogen-bond acceptors (Lipinski definition) is 6. The molecule has 0 radical (unpaired) electrons. The van der Waals surface area contributed by atoms with E-state index in [4.69, 9.17) is 14.5 Å². The molecule has 2 aromatic carbocycles. The lowest BCUT2D eigenvalue weighted by Gasteiger charge is -2.09. The van der Waals surface area contributed by atoms with Crippen LogP contribution in [0, 0.1) is 0 Å². The van der Waals surface area contributed by atoms with Gasteiger partial charge in [0, 0.05) is 26.0 Å². The molecule has 9 heteroatoms. The van der Waals surface area contributed by atoms with E-state index in [9.17, 15) is 9.59 Å². The molecule has 0 atom stereocenters. The van der Waals surface area contributed by atoms with Gasteiger partial charge in [0.25, 0.3) is 5.56 Å². The highest BCUT2D eigenvalue weighted by atomic mass is 32.2. The van der Waals surface area contributed by atoms with Crippen molar-refractivity contribution >= 4 is 39.6 Å². The van der Waals surface area contributed by atoms with E-state index >= 15 is 0 Å². The molecular formula is C23H24N4O4S. The lowest BCUT2D eigenvalue weighted by molar-refractivity contribution is -0.118. The number of amides is 1. The standard InChI is InChI=1S/C23H24N4O4S/c1-26-18-9-8-16(31-4)11-17(18)20-21(26)22(29)27(2)23(25-20)32-13-19(28)24-12-14-6-5-7-15(10-14)30-3/h5-11H,12-13H2,1-4H3,(H,24,28). The minimum absolute atomic E-state index is 0.143. The van der Waals surface area contributed by atoms with Crippen LogP contribution in [0.2, 0.25) is 0 Å². The Balaban J connectivity index is 1.56. The van der Waals surface area contributed by atoms with E-state index in [1.54, 1.807) is 21.3 Å². The second kappa shape index (κ2) is 8.96. The number of rotatable bonds is 7. The predicted molar refractivity (Wildman–Crippen MR) is 126 cm³/mol. The van der Waals surface area contributed by atoms with Gasteiger partial charge in [0.1, 0.15) is 22.5 Å². The van der Waals surface area contributed by atoms with Crippen molar-refractivity contribution in [3.05, 3.63) is 58.4 Å². The van der Waals surface area contributed by atoms with Gasteiger partial charge >= 0.3 is 0 Å². The first kappa shape index (κ1) is 21.8. The number of nitrogens with one attached hydrogen (secondary N) is 1. The topological polar surface area (TPSA) is 87.4 Å². The maximum Gasteiger partial charge on any atom is 0.278 e. The summed E-state index contributed by atoms with van der Waals surface area (Å²) in [5.74, 6) is 1.43. The maximum atomic E-state index is 13.1. The lowest BCUT2D eigenvalue weighted by atomic mass is 10.2. The average Bonchev–Trinajstić information content (AvgIpc) is 3.10. The second-order valence-corrected chi connectivity index (χ2v) is 8.26. The molecule has 2 aromatic heterocycles. The van der Waals surface area contributed by atoms with Crippen molar-refractivity contribution in [2.45, 2.75) is 11.7 Å². The number of fused-ring (bicyclic) bond motifs is 3. The molecule has 0 bridgehead atoms. The highest BCUT2D eigenvalue weighted by Gasteiger charge is 2.18. The van der Waals surface area contributed by atoms with E-state index < -0.39 is 0 Å². The minimum atomic E-state index is -0.160. The highest BCUT2D eigenvalue weighted by molar-refractivity contribution is 7.99. The molecule has 0 saturated carbocycles. The summed E-state index contributed by atoms with van der Waals surface area (Å²) >= 11 is 1.23. The molecule has 32 heavy (non-hydrogen) atoms. The van der Waals surface area contributed by atoms with Crippen molar-refractivity contribution in [3.63, 3.8) is 0 Å². The summed E-state index contributed by atoms with van der Waals surface area (Å²) in [6, 6.07) is 13.2. The summed E-state index contributed by atoms with van der Waals surface area (Å²) in [7, 11) is 6.72. The molecule has 4 aromatic rings. The minimum Gasteiger partial charge on any atom is -0.497 e. The number of aromatic nitrogens is 3. The van der Waals surface area contributed by atoms with E-state index in [1.165, 1.54) is 16.3 Å². The van der Waals surface area contributed by atoms with Gasteiger partial charge in [-0.15, -0.1) is 0 Å². The smallest absolute Gasteiger partial charge is 0.278 e. The fourth-order valence-corrected chi connectivity index (χ4v) is 4.39. The number of benzene rings is 2. The molecule has 0 unspecified atom stereocenters. The Morgan fingerprint density at radius 3 is 2.56 bits per heavy atom. The van der Waals surface area contributed by atoms with Crippen LogP contribution in [-0.2, 0) is 25.4 Å². The number of hydrogen-bond donors (Lipinski definition) is 1. The number of nitrogens with zero attached hydrogens (tertiary/aromatic N) is 3. The number of carbonyl (C=O) groups is 1. The van der Waals surface area contributed by atoms with E-state index in [0.717, 1.165) is 22.2 Å². The third-order valence-corrected chi connectivity index (χ3v) is 6.37. The summed E-state index contributed by atoms with van der Waals surface area (Å²) in [5, 5.41) is 4.21. The zero-order valence-corrected chi connectivity index (χ0v) is 19.2. The molecule has 0 saturated heterocycles. The molecule has 8 nitrogen and oxygen atoms in total. The van der Waals surface area contributed by atoms with Gasteiger partial charge in [-0.1, -0.05) is 23.9 Å². The fourth-order valence-electron chi connectivity index (χ4n) is 3.60. The van der Waals surface area contributed by atoms with Crippen molar-refractivity contribution in [2.75, 3.05) is 20.0 Å². The van der Waals surface area contributed by atoms with Gasteiger partial charge in [-0.3, -0.25) is 14.2 Å². The molecule has 0 fully saturated rings. The van der Waals surface area contributed by atoms with E-state index in [1.807, 2.05) is 54.1 Å². The molecular weight excluding hydrogens is 428 g/mol. The molecule has 1 amide bonds. The summed E-state index contributed by atoms with van der Waals surface area (Å²) < 4.78 is 13.9. The van der Waals surface area contributed by atoms with Gasteiger partial charge in [-0.05, 0) is 35.9 Å². The third kappa shape index (κ3) is 4.03. The van der Waals surface area contributed by atoms with Crippen LogP contribution in [0.3, 0.4) is 0 Å². The Hall–Kier alpha value is -3.46. The highest BCUT2D eigenvalue weighted by Crippen LogP contribution is 2.29. The first-order chi connectivity index (χ1) is 15.4. The van der Waals surface area contributed by atoms with Gasteiger partial charge in [0.2, 0.25) is 5.91 Å². The summed E-state index contributed by atoms with van der Waals surface area (Å²) in [6.45, 7) is 0.394. The summed E-state index contributed by atoms with van der Waals surface area (Å²) in [6.07, 6.45) is 0. The number of carbonyl (C=O) groups excluding carboxylic acids is 1. The van der Waals surface area contributed by atoms with E-state index in [2.05, 4.69) is 5.32 Å². The zero-order valence-electron chi connectivity index (χ0n) is 18.3. The number of aryl methyl sites for hydroxylation is 1. The van der Waals surface area contributed by atoms with Gasteiger partial charge in [-0.25, -0.2) is 4.98 Å². The first-order valence-electron chi connectivity index (χ1n) is 9.98. The van der Waals surface area contributed by atoms with Crippen LogP contribution >= 0.6 is 11.8 Å². The normalized spacial score (nSPS) is 11.1. The Kier molecular flexibility index (Phi) is 6.09.